The van der Waals surface area contributed by atoms with Crippen molar-refractivity contribution in [1.82, 2.24) is 4.31 Å². The molecule has 9 heteroatoms. The highest BCUT2D eigenvalue weighted by atomic mass is 79.9. The van der Waals surface area contributed by atoms with Crippen LogP contribution in [0.4, 0.5) is 0 Å². The molecule has 1 fully saturated rings. The molecule has 0 radical (unpaired) electrons. The van der Waals surface area contributed by atoms with Gasteiger partial charge in [0.1, 0.15) is 4.90 Å². The van der Waals surface area contributed by atoms with Crippen LogP contribution in [-0.4, -0.2) is 51.1 Å². The van der Waals surface area contributed by atoms with Crippen molar-refractivity contribution < 1.29 is 27.8 Å². The number of nitrogens with zero attached hydrogens (tertiary/aromatic N) is 1. The lowest BCUT2D eigenvalue weighted by molar-refractivity contribution is -0.141. The summed E-state index contributed by atoms with van der Waals surface area (Å²) in [4.78, 5) is 11.0. The second kappa shape index (κ2) is 6.43. The zero-order valence-electron chi connectivity index (χ0n) is 12.1. The Morgan fingerprint density at radius 2 is 1.91 bits per heavy atom. The normalized spacial score (nSPS) is 19.1. The summed E-state index contributed by atoms with van der Waals surface area (Å²) < 4.78 is 37.2. The zero-order valence-corrected chi connectivity index (χ0v) is 14.5. The van der Waals surface area contributed by atoms with Crippen LogP contribution < -0.4 is 9.47 Å². The predicted molar refractivity (Wildman–Crippen MR) is 81.7 cm³/mol. The largest absolute Gasteiger partial charge is 0.493 e. The molecule has 2 rings (SSSR count). The van der Waals surface area contributed by atoms with E-state index in [2.05, 4.69) is 15.9 Å². The first-order chi connectivity index (χ1) is 10.3. The third kappa shape index (κ3) is 3.06. The molecule has 0 aliphatic carbocycles. The molecule has 1 aromatic carbocycles. The molecular formula is C13H16BrNO6S. The van der Waals surface area contributed by atoms with E-state index in [9.17, 15) is 13.2 Å². The monoisotopic (exact) mass is 393 g/mol. The van der Waals surface area contributed by atoms with Gasteiger partial charge in [-0.15, -0.1) is 0 Å². The molecule has 1 atom stereocenters. The van der Waals surface area contributed by atoms with Gasteiger partial charge in [0.25, 0.3) is 0 Å². The number of benzene rings is 1. The van der Waals surface area contributed by atoms with E-state index in [1.807, 2.05) is 0 Å². The molecule has 0 spiro atoms. The number of aliphatic carboxylic acids is 1. The smallest absolute Gasteiger partial charge is 0.307 e. The number of ether oxygens (including phenoxy) is 2. The number of carboxylic acids is 1. The van der Waals surface area contributed by atoms with E-state index in [0.29, 0.717) is 22.4 Å². The van der Waals surface area contributed by atoms with E-state index >= 15 is 0 Å². The van der Waals surface area contributed by atoms with Crippen molar-refractivity contribution >= 4 is 31.9 Å². The molecule has 0 bridgehead atoms. The lowest BCUT2D eigenvalue weighted by Crippen LogP contribution is -2.30. The molecule has 0 amide bonds. The second-order valence-electron chi connectivity index (χ2n) is 4.82. The summed E-state index contributed by atoms with van der Waals surface area (Å²) in [5, 5.41) is 9.01. The van der Waals surface area contributed by atoms with Crippen LogP contribution >= 0.6 is 15.9 Å². The maximum atomic E-state index is 12.7. The van der Waals surface area contributed by atoms with Crippen molar-refractivity contribution in [3.8, 4) is 11.5 Å². The molecule has 7 nitrogen and oxygen atoms in total. The van der Waals surface area contributed by atoms with Gasteiger partial charge in [-0.3, -0.25) is 4.79 Å². The van der Waals surface area contributed by atoms with Crippen molar-refractivity contribution in [3.63, 3.8) is 0 Å². The number of carbonyl (C=O) groups is 1. The summed E-state index contributed by atoms with van der Waals surface area (Å²) in [5.41, 5.74) is 0. The van der Waals surface area contributed by atoms with E-state index in [4.69, 9.17) is 14.6 Å². The van der Waals surface area contributed by atoms with Gasteiger partial charge in [-0.05, 0) is 28.4 Å². The first-order valence-electron chi connectivity index (χ1n) is 6.45. The molecule has 1 heterocycles. The molecule has 0 aromatic heterocycles. The lowest BCUT2D eigenvalue weighted by atomic mass is 10.1. The van der Waals surface area contributed by atoms with E-state index in [1.165, 1.54) is 30.7 Å². The first-order valence-corrected chi connectivity index (χ1v) is 8.69. The van der Waals surface area contributed by atoms with Crippen LogP contribution in [-0.2, 0) is 14.8 Å². The molecule has 1 saturated heterocycles. The van der Waals surface area contributed by atoms with Gasteiger partial charge in [-0.25, -0.2) is 8.42 Å². The fraction of sp³-hybridized carbons (Fsp3) is 0.462. The van der Waals surface area contributed by atoms with E-state index < -0.39 is 21.9 Å². The average molecular weight is 394 g/mol. The Hall–Kier alpha value is -1.32. The highest BCUT2D eigenvalue weighted by molar-refractivity contribution is 9.10. The predicted octanol–water partition coefficient (Wildman–Crippen LogP) is 1.56. The third-order valence-electron chi connectivity index (χ3n) is 3.56. The Morgan fingerprint density at radius 3 is 2.41 bits per heavy atom. The highest BCUT2D eigenvalue weighted by Gasteiger charge is 2.37. The Bertz CT molecular complexity index is 690. The SMILES string of the molecule is COc1cc(Br)c(S(=O)(=O)N2CC[C@H](C(=O)O)C2)cc1OC. The van der Waals surface area contributed by atoms with E-state index in [1.54, 1.807) is 0 Å². The maximum Gasteiger partial charge on any atom is 0.307 e. The minimum absolute atomic E-state index is 0.0242. The Morgan fingerprint density at radius 1 is 1.32 bits per heavy atom. The number of hydrogen-bond donors (Lipinski definition) is 1. The molecular weight excluding hydrogens is 378 g/mol. The molecule has 1 aliphatic rings. The lowest BCUT2D eigenvalue weighted by Gasteiger charge is -2.18. The van der Waals surface area contributed by atoms with Gasteiger partial charge in [-0.2, -0.15) is 4.31 Å². The summed E-state index contributed by atoms with van der Waals surface area (Å²) in [6.07, 6.45) is 0.305. The Kier molecular flexibility index (Phi) is 4.98. The molecule has 1 N–H and O–H groups in total. The van der Waals surface area contributed by atoms with Crippen LogP contribution in [0.1, 0.15) is 6.42 Å². The number of rotatable bonds is 5. The van der Waals surface area contributed by atoms with Crippen molar-refractivity contribution in [2.45, 2.75) is 11.3 Å². The maximum absolute atomic E-state index is 12.7. The topological polar surface area (TPSA) is 93.1 Å². The zero-order chi connectivity index (χ0) is 16.5. The molecule has 22 heavy (non-hydrogen) atoms. The van der Waals surface area contributed by atoms with Gasteiger partial charge >= 0.3 is 5.97 Å². The summed E-state index contributed by atoms with van der Waals surface area (Å²) in [6.45, 7) is 0.151. The van der Waals surface area contributed by atoms with Crippen molar-refractivity contribution in [3.05, 3.63) is 16.6 Å². The van der Waals surface area contributed by atoms with Crippen molar-refractivity contribution in [2.75, 3.05) is 27.3 Å². The number of sulfonamides is 1. The molecule has 1 aromatic rings. The molecule has 122 valence electrons. The number of halogens is 1. The fourth-order valence-corrected chi connectivity index (χ4v) is 4.82. The minimum Gasteiger partial charge on any atom is -0.493 e. The van der Waals surface area contributed by atoms with Crippen LogP contribution in [0.2, 0.25) is 0 Å². The Labute approximate surface area is 137 Å². The van der Waals surface area contributed by atoms with Gasteiger partial charge in [0, 0.05) is 23.6 Å². The van der Waals surface area contributed by atoms with Gasteiger partial charge in [-0.1, -0.05) is 0 Å². The van der Waals surface area contributed by atoms with Crippen LogP contribution in [0, 0.1) is 5.92 Å². The molecule has 0 saturated carbocycles. The van der Waals surface area contributed by atoms with Gasteiger partial charge < -0.3 is 14.6 Å². The summed E-state index contributed by atoms with van der Waals surface area (Å²) in [5.74, 6) is -0.964. The van der Waals surface area contributed by atoms with Crippen molar-refractivity contribution in [1.29, 1.82) is 0 Å². The number of hydrogen-bond acceptors (Lipinski definition) is 5. The van der Waals surface area contributed by atoms with Crippen LogP contribution in [0.25, 0.3) is 0 Å². The van der Waals surface area contributed by atoms with E-state index in [0.717, 1.165) is 0 Å². The summed E-state index contributed by atoms with van der Waals surface area (Å²) in [6, 6.07) is 2.88. The summed E-state index contributed by atoms with van der Waals surface area (Å²) >= 11 is 3.22. The molecule has 0 unspecified atom stereocenters. The van der Waals surface area contributed by atoms with Crippen LogP contribution in [0.15, 0.2) is 21.5 Å². The minimum atomic E-state index is -3.81. The quantitative estimate of drug-likeness (QED) is 0.815. The van der Waals surface area contributed by atoms with Gasteiger partial charge in [0.2, 0.25) is 10.0 Å². The van der Waals surface area contributed by atoms with Crippen LogP contribution in [0.3, 0.4) is 0 Å². The summed E-state index contributed by atoms with van der Waals surface area (Å²) in [7, 11) is -0.936. The third-order valence-corrected chi connectivity index (χ3v) is 6.38. The standard InChI is InChI=1S/C13H16BrNO6S/c1-20-10-5-9(14)12(6-11(10)21-2)22(18,19)15-4-3-8(7-15)13(16)17/h5-6,8H,3-4,7H2,1-2H3,(H,16,17)/t8-/m0/s1. The fourth-order valence-electron chi connectivity index (χ4n) is 2.32. The number of carboxylic acid groups (broad SMARTS) is 1. The first kappa shape index (κ1) is 17.0. The van der Waals surface area contributed by atoms with Crippen LogP contribution in [0.5, 0.6) is 11.5 Å². The second-order valence-corrected chi connectivity index (χ2v) is 7.59. The highest BCUT2D eigenvalue weighted by Crippen LogP contribution is 2.37. The van der Waals surface area contributed by atoms with Gasteiger partial charge in [0.05, 0.1) is 20.1 Å². The Balaban J connectivity index is 2.40. The van der Waals surface area contributed by atoms with E-state index in [-0.39, 0.29) is 18.0 Å². The number of methoxy groups -OCH3 is 2. The molecule has 1 aliphatic heterocycles. The average Bonchev–Trinajstić information content (AvgIpc) is 2.97. The van der Waals surface area contributed by atoms with Crippen molar-refractivity contribution in [2.24, 2.45) is 5.92 Å². The van der Waals surface area contributed by atoms with Gasteiger partial charge in [0.15, 0.2) is 11.5 Å².